The van der Waals surface area contributed by atoms with Crippen molar-refractivity contribution >= 4 is 15.7 Å². The molecular formula is C15H23FN2O2S. The monoisotopic (exact) mass is 314 g/mol. The molecule has 6 heteroatoms. The number of rotatable bonds is 2. The van der Waals surface area contributed by atoms with Crippen molar-refractivity contribution in [2.24, 2.45) is 5.92 Å². The molecule has 0 bridgehead atoms. The molecule has 0 spiro atoms. The van der Waals surface area contributed by atoms with Crippen LogP contribution in [0, 0.1) is 25.6 Å². The van der Waals surface area contributed by atoms with Gasteiger partial charge in [0.05, 0.1) is 10.6 Å². The molecule has 1 aliphatic heterocycles. The number of aryl methyl sites for hydroxylation is 1. The second-order valence-corrected chi connectivity index (χ2v) is 7.85. The van der Waals surface area contributed by atoms with E-state index in [1.807, 2.05) is 6.92 Å². The van der Waals surface area contributed by atoms with E-state index in [4.69, 9.17) is 5.73 Å². The Morgan fingerprint density at radius 1 is 1.33 bits per heavy atom. The van der Waals surface area contributed by atoms with Crippen molar-refractivity contribution in [2.75, 3.05) is 12.3 Å². The summed E-state index contributed by atoms with van der Waals surface area (Å²) < 4.78 is 41.2. The Hall–Kier alpha value is -1.14. The first kappa shape index (κ1) is 16.2. The Morgan fingerprint density at radius 3 is 2.57 bits per heavy atom. The molecule has 0 amide bonds. The van der Waals surface area contributed by atoms with Gasteiger partial charge in [0.15, 0.2) is 0 Å². The molecule has 1 saturated heterocycles. The lowest BCUT2D eigenvalue weighted by Crippen LogP contribution is -2.46. The maximum atomic E-state index is 13.7. The summed E-state index contributed by atoms with van der Waals surface area (Å²) in [5, 5.41) is 0. The van der Waals surface area contributed by atoms with Crippen molar-refractivity contribution in [3.63, 3.8) is 0 Å². The standard InChI is InChI=1S/C15H23FN2O2S/c1-9-6-5-7-18(12(9)4)21(19,20)15-10(2)8-13(16)14(17)11(15)3/h8-9,12H,5-7,17H2,1-4H3. The Balaban J connectivity index is 2.57. The molecule has 2 rings (SSSR count). The molecule has 1 aromatic rings. The van der Waals surface area contributed by atoms with Gasteiger partial charge in [-0.2, -0.15) is 4.31 Å². The second-order valence-electron chi connectivity index (χ2n) is 6.02. The fourth-order valence-corrected chi connectivity index (χ4v) is 5.29. The van der Waals surface area contributed by atoms with Crippen LogP contribution in [0.3, 0.4) is 0 Å². The van der Waals surface area contributed by atoms with Crippen molar-refractivity contribution in [3.8, 4) is 0 Å². The minimum absolute atomic E-state index is 0.0613. The van der Waals surface area contributed by atoms with Gasteiger partial charge in [-0.3, -0.25) is 0 Å². The average Bonchev–Trinajstić information content (AvgIpc) is 2.38. The van der Waals surface area contributed by atoms with Crippen LogP contribution in [0.2, 0.25) is 0 Å². The normalized spacial score (nSPS) is 24.2. The first-order valence-corrected chi connectivity index (χ1v) is 8.69. The summed E-state index contributed by atoms with van der Waals surface area (Å²) in [6.45, 7) is 7.67. The maximum absolute atomic E-state index is 13.7. The number of nitrogens with zero attached hydrogens (tertiary/aromatic N) is 1. The third-order valence-electron chi connectivity index (χ3n) is 4.59. The number of anilines is 1. The summed E-state index contributed by atoms with van der Waals surface area (Å²) in [6.07, 6.45) is 1.87. The summed E-state index contributed by atoms with van der Waals surface area (Å²) in [5.41, 5.74) is 6.31. The molecule has 1 heterocycles. The Labute approximate surface area is 126 Å². The third kappa shape index (κ3) is 2.66. The van der Waals surface area contributed by atoms with E-state index >= 15 is 0 Å². The molecule has 0 aliphatic carbocycles. The smallest absolute Gasteiger partial charge is 0.243 e. The van der Waals surface area contributed by atoms with Gasteiger partial charge in [-0.25, -0.2) is 12.8 Å². The number of piperidine rings is 1. The van der Waals surface area contributed by atoms with Crippen LogP contribution in [-0.4, -0.2) is 25.3 Å². The van der Waals surface area contributed by atoms with Crippen molar-refractivity contribution in [2.45, 2.75) is 51.5 Å². The van der Waals surface area contributed by atoms with E-state index in [0.29, 0.717) is 23.6 Å². The van der Waals surface area contributed by atoms with Crippen molar-refractivity contribution in [3.05, 3.63) is 23.0 Å². The van der Waals surface area contributed by atoms with Crippen LogP contribution in [0.15, 0.2) is 11.0 Å². The number of nitrogens with two attached hydrogens (primary N) is 1. The lowest BCUT2D eigenvalue weighted by atomic mass is 9.94. The fourth-order valence-electron chi connectivity index (χ4n) is 3.08. The van der Waals surface area contributed by atoms with Crippen LogP contribution >= 0.6 is 0 Å². The summed E-state index contributed by atoms with van der Waals surface area (Å²) in [6, 6.07) is 1.14. The van der Waals surface area contributed by atoms with E-state index in [-0.39, 0.29) is 16.6 Å². The fraction of sp³-hybridized carbons (Fsp3) is 0.600. The average molecular weight is 314 g/mol. The zero-order valence-corrected chi connectivity index (χ0v) is 13.8. The van der Waals surface area contributed by atoms with Gasteiger partial charge in [0.2, 0.25) is 10.0 Å². The van der Waals surface area contributed by atoms with Crippen molar-refractivity contribution in [1.82, 2.24) is 4.31 Å². The zero-order chi connectivity index (χ0) is 15.9. The predicted octanol–water partition coefficient (Wildman–Crippen LogP) is 2.83. The van der Waals surface area contributed by atoms with E-state index < -0.39 is 15.8 Å². The minimum Gasteiger partial charge on any atom is -0.396 e. The molecule has 0 saturated carbocycles. The number of sulfonamides is 1. The van der Waals surface area contributed by atoms with Crippen molar-refractivity contribution < 1.29 is 12.8 Å². The highest BCUT2D eigenvalue weighted by atomic mass is 32.2. The summed E-state index contributed by atoms with van der Waals surface area (Å²) in [5.74, 6) is -0.254. The van der Waals surface area contributed by atoms with Gasteiger partial charge in [0.1, 0.15) is 5.82 Å². The van der Waals surface area contributed by atoms with Gasteiger partial charge in [-0.05, 0) is 56.7 Å². The van der Waals surface area contributed by atoms with E-state index in [1.165, 1.54) is 10.4 Å². The van der Waals surface area contributed by atoms with E-state index in [0.717, 1.165) is 12.8 Å². The molecule has 2 unspecified atom stereocenters. The lowest BCUT2D eigenvalue weighted by Gasteiger charge is -2.37. The molecule has 2 atom stereocenters. The molecule has 4 nitrogen and oxygen atoms in total. The highest BCUT2D eigenvalue weighted by Gasteiger charge is 2.36. The van der Waals surface area contributed by atoms with Gasteiger partial charge in [-0.15, -0.1) is 0 Å². The molecule has 1 fully saturated rings. The van der Waals surface area contributed by atoms with Crippen LogP contribution in [0.4, 0.5) is 10.1 Å². The Kier molecular flexibility index (Phi) is 4.31. The Morgan fingerprint density at radius 2 is 1.95 bits per heavy atom. The maximum Gasteiger partial charge on any atom is 0.243 e. The zero-order valence-electron chi connectivity index (χ0n) is 13.0. The number of nitrogen functional groups attached to an aromatic ring is 1. The minimum atomic E-state index is -3.66. The molecule has 118 valence electrons. The van der Waals surface area contributed by atoms with Gasteiger partial charge in [0, 0.05) is 12.6 Å². The van der Waals surface area contributed by atoms with Gasteiger partial charge >= 0.3 is 0 Å². The van der Waals surface area contributed by atoms with Crippen LogP contribution in [-0.2, 0) is 10.0 Å². The van der Waals surface area contributed by atoms with Gasteiger partial charge in [-0.1, -0.05) is 6.92 Å². The highest BCUT2D eigenvalue weighted by Crippen LogP contribution is 2.34. The van der Waals surface area contributed by atoms with Crippen molar-refractivity contribution in [1.29, 1.82) is 0 Å². The van der Waals surface area contributed by atoms with E-state index in [2.05, 4.69) is 6.92 Å². The van der Waals surface area contributed by atoms with Crippen LogP contribution in [0.1, 0.15) is 37.8 Å². The SMILES string of the molecule is Cc1cc(F)c(N)c(C)c1S(=O)(=O)N1CCCC(C)C1C. The third-order valence-corrected chi connectivity index (χ3v) is 6.86. The van der Waals surface area contributed by atoms with Gasteiger partial charge < -0.3 is 5.73 Å². The molecule has 1 aromatic carbocycles. The van der Waals surface area contributed by atoms with Crippen LogP contribution in [0.5, 0.6) is 0 Å². The predicted molar refractivity (Wildman–Crippen MR) is 82.0 cm³/mol. The first-order chi connectivity index (χ1) is 9.67. The van der Waals surface area contributed by atoms with E-state index in [9.17, 15) is 12.8 Å². The van der Waals surface area contributed by atoms with Gasteiger partial charge in [0.25, 0.3) is 0 Å². The number of benzene rings is 1. The summed E-state index contributed by atoms with van der Waals surface area (Å²) in [7, 11) is -3.66. The molecular weight excluding hydrogens is 291 g/mol. The molecule has 0 aromatic heterocycles. The lowest BCUT2D eigenvalue weighted by molar-refractivity contribution is 0.202. The Bertz CT molecular complexity index is 658. The van der Waals surface area contributed by atoms with Crippen LogP contribution in [0.25, 0.3) is 0 Å². The number of hydrogen-bond acceptors (Lipinski definition) is 3. The second kappa shape index (κ2) is 5.57. The topological polar surface area (TPSA) is 63.4 Å². The van der Waals surface area contributed by atoms with E-state index in [1.54, 1.807) is 13.8 Å². The number of halogens is 1. The number of hydrogen-bond donors (Lipinski definition) is 1. The summed E-state index contributed by atoms with van der Waals surface area (Å²) in [4.78, 5) is 0.155. The van der Waals surface area contributed by atoms with Crippen LogP contribution < -0.4 is 5.73 Å². The summed E-state index contributed by atoms with van der Waals surface area (Å²) >= 11 is 0. The molecule has 2 N–H and O–H groups in total. The largest absolute Gasteiger partial charge is 0.396 e. The molecule has 1 aliphatic rings. The molecule has 21 heavy (non-hydrogen) atoms. The highest BCUT2D eigenvalue weighted by molar-refractivity contribution is 7.89. The first-order valence-electron chi connectivity index (χ1n) is 7.25. The quantitative estimate of drug-likeness (QED) is 0.854. The molecule has 0 radical (unpaired) electrons.